The summed E-state index contributed by atoms with van der Waals surface area (Å²) in [6, 6.07) is 8.36. The molecule has 0 saturated carbocycles. The third kappa shape index (κ3) is 6.45. The van der Waals surface area contributed by atoms with Crippen LogP contribution in [-0.2, 0) is 9.59 Å². The third-order valence-electron chi connectivity index (χ3n) is 2.37. The normalized spacial score (nSPS) is 10.1. The molecule has 1 aromatic carbocycles. The molecule has 0 radical (unpaired) electrons. The first-order valence-corrected chi connectivity index (χ1v) is 7.02. The standard InChI is InChI=1S/C14H19NO2S/c1-11-5-7-13(8-6-11)18-9-3-4-14(17)15-10-12(2)16/h5-8H,3-4,9-10H2,1-2H3,(H,15,17). The maximum atomic E-state index is 11.3. The lowest BCUT2D eigenvalue weighted by Gasteiger charge is -2.03. The van der Waals surface area contributed by atoms with Gasteiger partial charge in [0.25, 0.3) is 0 Å². The van der Waals surface area contributed by atoms with Crippen LogP contribution in [0.25, 0.3) is 0 Å². The molecule has 0 aliphatic carbocycles. The molecule has 3 nitrogen and oxygen atoms in total. The summed E-state index contributed by atoms with van der Waals surface area (Å²) in [7, 11) is 0. The van der Waals surface area contributed by atoms with Gasteiger partial charge in [0.1, 0.15) is 5.78 Å². The number of benzene rings is 1. The highest BCUT2D eigenvalue weighted by Crippen LogP contribution is 2.19. The molecule has 0 unspecified atom stereocenters. The Labute approximate surface area is 112 Å². The van der Waals surface area contributed by atoms with Crippen molar-refractivity contribution in [1.29, 1.82) is 0 Å². The minimum absolute atomic E-state index is 0.0163. The molecule has 0 fully saturated rings. The van der Waals surface area contributed by atoms with Crippen molar-refractivity contribution in [2.45, 2.75) is 31.6 Å². The molecule has 1 aromatic rings. The molecule has 0 bridgehead atoms. The maximum Gasteiger partial charge on any atom is 0.220 e. The molecule has 0 aromatic heterocycles. The summed E-state index contributed by atoms with van der Waals surface area (Å²) in [4.78, 5) is 23.2. The summed E-state index contributed by atoms with van der Waals surface area (Å²) >= 11 is 1.75. The predicted octanol–water partition coefficient (Wildman–Crippen LogP) is 2.57. The molecular weight excluding hydrogens is 246 g/mol. The second-order valence-electron chi connectivity index (χ2n) is 4.24. The highest BCUT2D eigenvalue weighted by atomic mass is 32.2. The Morgan fingerprint density at radius 1 is 1.22 bits per heavy atom. The van der Waals surface area contributed by atoms with Crippen molar-refractivity contribution in [3.05, 3.63) is 29.8 Å². The molecular formula is C14H19NO2S. The first kappa shape index (κ1) is 14.8. The van der Waals surface area contributed by atoms with Crippen LogP contribution in [0.1, 0.15) is 25.3 Å². The predicted molar refractivity (Wildman–Crippen MR) is 74.8 cm³/mol. The van der Waals surface area contributed by atoms with Crippen molar-refractivity contribution in [3.63, 3.8) is 0 Å². The van der Waals surface area contributed by atoms with Crippen LogP contribution in [-0.4, -0.2) is 24.0 Å². The van der Waals surface area contributed by atoms with E-state index in [1.165, 1.54) is 17.4 Å². The van der Waals surface area contributed by atoms with Crippen molar-refractivity contribution in [2.75, 3.05) is 12.3 Å². The summed E-state index contributed by atoms with van der Waals surface area (Å²) in [6.45, 7) is 3.67. The summed E-state index contributed by atoms with van der Waals surface area (Å²) in [5, 5.41) is 2.59. The average Bonchev–Trinajstić information content (AvgIpc) is 2.34. The van der Waals surface area contributed by atoms with Crippen molar-refractivity contribution < 1.29 is 9.59 Å². The number of rotatable bonds is 7. The Balaban J connectivity index is 2.13. The highest BCUT2D eigenvalue weighted by Gasteiger charge is 2.02. The first-order valence-electron chi connectivity index (χ1n) is 6.03. The zero-order chi connectivity index (χ0) is 13.4. The van der Waals surface area contributed by atoms with Gasteiger partial charge < -0.3 is 5.32 Å². The molecule has 0 spiro atoms. The van der Waals surface area contributed by atoms with Crippen LogP contribution in [0.5, 0.6) is 0 Å². The molecule has 1 rings (SSSR count). The lowest BCUT2D eigenvalue weighted by Crippen LogP contribution is -2.27. The van der Waals surface area contributed by atoms with Gasteiger partial charge in [0, 0.05) is 11.3 Å². The smallest absolute Gasteiger partial charge is 0.220 e. The zero-order valence-electron chi connectivity index (χ0n) is 10.9. The maximum absolute atomic E-state index is 11.3. The Morgan fingerprint density at radius 2 is 1.89 bits per heavy atom. The number of ketones is 1. The minimum atomic E-state index is -0.0466. The first-order chi connectivity index (χ1) is 8.58. The SMILES string of the molecule is CC(=O)CNC(=O)CCCSc1ccc(C)cc1. The topological polar surface area (TPSA) is 46.2 Å². The van der Waals surface area contributed by atoms with E-state index >= 15 is 0 Å². The highest BCUT2D eigenvalue weighted by molar-refractivity contribution is 7.99. The van der Waals surface area contributed by atoms with Gasteiger partial charge >= 0.3 is 0 Å². The van der Waals surface area contributed by atoms with Crippen molar-refractivity contribution in [2.24, 2.45) is 0 Å². The Kier molecular flexibility index (Phi) is 6.50. The van der Waals surface area contributed by atoms with Crippen LogP contribution >= 0.6 is 11.8 Å². The van der Waals surface area contributed by atoms with Gasteiger partial charge in [0.15, 0.2) is 0 Å². The molecule has 1 N–H and O–H groups in total. The van der Waals surface area contributed by atoms with Gasteiger partial charge in [0.05, 0.1) is 6.54 Å². The molecule has 4 heteroatoms. The molecule has 0 atom stereocenters. The number of aryl methyl sites for hydroxylation is 1. The van der Waals surface area contributed by atoms with Gasteiger partial charge in [-0.15, -0.1) is 11.8 Å². The van der Waals surface area contributed by atoms with E-state index < -0.39 is 0 Å². The van der Waals surface area contributed by atoms with E-state index in [9.17, 15) is 9.59 Å². The van der Waals surface area contributed by atoms with Crippen LogP contribution in [0.2, 0.25) is 0 Å². The Hall–Kier alpha value is -1.29. The summed E-state index contributed by atoms with van der Waals surface area (Å²) in [5.74, 6) is 0.850. The van der Waals surface area contributed by atoms with Crippen molar-refractivity contribution >= 4 is 23.5 Å². The molecule has 18 heavy (non-hydrogen) atoms. The lowest BCUT2D eigenvalue weighted by atomic mass is 10.2. The minimum Gasteiger partial charge on any atom is -0.349 e. The fourth-order valence-corrected chi connectivity index (χ4v) is 2.22. The average molecular weight is 265 g/mol. The van der Waals surface area contributed by atoms with Gasteiger partial charge in [-0.1, -0.05) is 17.7 Å². The number of Topliss-reactive ketones (excluding diaryl/α,β-unsaturated/α-hetero) is 1. The Morgan fingerprint density at radius 3 is 2.50 bits per heavy atom. The summed E-state index contributed by atoms with van der Waals surface area (Å²) in [5.41, 5.74) is 1.25. The molecule has 0 saturated heterocycles. The van der Waals surface area contributed by atoms with Gasteiger partial charge in [-0.25, -0.2) is 0 Å². The van der Waals surface area contributed by atoms with E-state index in [0.717, 1.165) is 12.2 Å². The van der Waals surface area contributed by atoms with Gasteiger partial charge in [-0.3, -0.25) is 9.59 Å². The number of carbonyl (C=O) groups is 2. The quantitative estimate of drug-likeness (QED) is 0.609. The number of hydrogen-bond donors (Lipinski definition) is 1. The number of nitrogens with one attached hydrogen (secondary N) is 1. The van der Waals surface area contributed by atoms with Crippen LogP contribution in [0.4, 0.5) is 0 Å². The fraction of sp³-hybridized carbons (Fsp3) is 0.429. The van der Waals surface area contributed by atoms with Gasteiger partial charge in [-0.05, 0) is 38.2 Å². The van der Waals surface area contributed by atoms with Crippen LogP contribution in [0, 0.1) is 6.92 Å². The van der Waals surface area contributed by atoms with Crippen LogP contribution in [0.3, 0.4) is 0 Å². The monoisotopic (exact) mass is 265 g/mol. The molecule has 0 heterocycles. The largest absolute Gasteiger partial charge is 0.349 e. The van der Waals surface area contributed by atoms with Gasteiger partial charge in [0.2, 0.25) is 5.91 Å². The molecule has 1 amide bonds. The number of amides is 1. The second kappa shape index (κ2) is 7.93. The van der Waals surface area contributed by atoms with Crippen molar-refractivity contribution in [1.82, 2.24) is 5.32 Å². The van der Waals surface area contributed by atoms with Crippen LogP contribution < -0.4 is 5.32 Å². The van der Waals surface area contributed by atoms with E-state index in [1.807, 2.05) is 0 Å². The van der Waals surface area contributed by atoms with Crippen LogP contribution in [0.15, 0.2) is 29.2 Å². The van der Waals surface area contributed by atoms with E-state index in [1.54, 1.807) is 11.8 Å². The van der Waals surface area contributed by atoms with E-state index in [-0.39, 0.29) is 18.2 Å². The second-order valence-corrected chi connectivity index (χ2v) is 5.41. The number of carbonyl (C=O) groups excluding carboxylic acids is 2. The molecule has 98 valence electrons. The van der Waals surface area contributed by atoms with E-state index in [0.29, 0.717) is 6.42 Å². The fourth-order valence-electron chi connectivity index (χ4n) is 1.37. The molecule has 0 aliphatic heterocycles. The third-order valence-corrected chi connectivity index (χ3v) is 3.47. The van der Waals surface area contributed by atoms with E-state index in [2.05, 4.69) is 36.5 Å². The number of thioether (sulfide) groups is 1. The Bertz CT molecular complexity index is 401. The zero-order valence-corrected chi connectivity index (χ0v) is 11.7. The summed E-state index contributed by atoms with van der Waals surface area (Å²) < 4.78 is 0. The lowest BCUT2D eigenvalue weighted by molar-refractivity contribution is -0.124. The summed E-state index contributed by atoms with van der Waals surface area (Å²) in [6.07, 6.45) is 1.30. The van der Waals surface area contributed by atoms with Crippen molar-refractivity contribution in [3.8, 4) is 0 Å². The van der Waals surface area contributed by atoms with E-state index in [4.69, 9.17) is 0 Å². The van der Waals surface area contributed by atoms with Gasteiger partial charge in [-0.2, -0.15) is 0 Å². The molecule has 0 aliphatic rings. The number of hydrogen-bond acceptors (Lipinski definition) is 3.